The van der Waals surface area contributed by atoms with Gasteiger partial charge in [-0.05, 0) is 82.6 Å². The molecular weight excluding hydrogens is 280 g/mol. The third-order valence-electron chi connectivity index (χ3n) is 5.95. The van der Waals surface area contributed by atoms with E-state index in [1.807, 2.05) is 0 Å². The highest BCUT2D eigenvalue weighted by Crippen LogP contribution is 2.40. The van der Waals surface area contributed by atoms with Crippen molar-refractivity contribution in [3.63, 3.8) is 0 Å². The van der Waals surface area contributed by atoms with E-state index in [2.05, 4.69) is 12.1 Å². The van der Waals surface area contributed by atoms with Crippen molar-refractivity contribution in [1.82, 2.24) is 0 Å². The molecule has 0 heterocycles. The zero-order valence-electron chi connectivity index (χ0n) is 14.1. The Balaban J connectivity index is 1.62. The standard InChI is InChI=1S/C21H26N2/c22-14-21(15-23)20-12-10-19(11-13-20)18-8-6-17(7-9-18)16-4-2-1-3-5-16/h1-13H2. The predicted molar refractivity (Wildman–Crippen MR) is 92.3 cm³/mol. The maximum absolute atomic E-state index is 9.00. The zero-order valence-corrected chi connectivity index (χ0v) is 14.1. The summed E-state index contributed by atoms with van der Waals surface area (Å²) in [7, 11) is 0. The predicted octanol–water partition coefficient (Wildman–Crippen LogP) is 6.04. The van der Waals surface area contributed by atoms with Crippen LogP contribution in [0.5, 0.6) is 0 Å². The van der Waals surface area contributed by atoms with Crippen LogP contribution in [-0.2, 0) is 0 Å². The number of nitrogens with zero attached hydrogens (tertiary/aromatic N) is 2. The van der Waals surface area contributed by atoms with Crippen LogP contribution in [0.2, 0.25) is 0 Å². The number of hydrogen-bond acceptors (Lipinski definition) is 2. The molecule has 3 rings (SSSR count). The van der Waals surface area contributed by atoms with Gasteiger partial charge in [0.15, 0.2) is 0 Å². The van der Waals surface area contributed by atoms with Crippen molar-refractivity contribution in [3.05, 3.63) is 33.4 Å². The van der Waals surface area contributed by atoms with E-state index in [4.69, 9.17) is 10.5 Å². The van der Waals surface area contributed by atoms with Gasteiger partial charge in [-0.1, -0.05) is 28.7 Å². The van der Waals surface area contributed by atoms with E-state index in [-0.39, 0.29) is 0 Å². The molecule has 120 valence electrons. The summed E-state index contributed by atoms with van der Waals surface area (Å²) in [5, 5.41) is 18.0. The first kappa shape index (κ1) is 16.1. The maximum atomic E-state index is 9.00. The number of allylic oxidation sites excluding steroid dienone is 6. The van der Waals surface area contributed by atoms with Crippen LogP contribution in [0.1, 0.15) is 83.5 Å². The van der Waals surface area contributed by atoms with Crippen LogP contribution in [-0.4, -0.2) is 0 Å². The SMILES string of the molecule is N#CC(C#N)=C1CCC(=C2CCC(=C3CCCCC3)CC2)CC1. The highest BCUT2D eigenvalue weighted by atomic mass is 14.3. The van der Waals surface area contributed by atoms with E-state index >= 15 is 0 Å². The summed E-state index contributed by atoms with van der Waals surface area (Å²) in [6.45, 7) is 0. The summed E-state index contributed by atoms with van der Waals surface area (Å²) in [6.07, 6.45) is 16.0. The lowest BCUT2D eigenvalue weighted by molar-refractivity contribution is 0.573. The van der Waals surface area contributed by atoms with E-state index < -0.39 is 0 Å². The number of hydrogen-bond donors (Lipinski definition) is 0. The number of nitriles is 2. The van der Waals surface area contributed by atoms with Gasteiger partial charge in [-0.15, -0.1) is 0 Å². The Morgan fingerprint density at radius 3 is 1.35 bits per heavy atom. The van der Waals surface area contributed by atoms with Gasteiger partial charge >= 0.3 is 0 Å². The quantitative estimate of drug-likeness (QED) is 0.405. The van der Waals surface area contributed by atoms with Gasteiger partial charge in [0.1, 0.15) is 17.7 Å². The summed E-state index contributed by atoms with van der Waals surface area (Å²) in [5.74, 6) is 0. The first-order valence-electron chi connectivity index (χ1n) is 9.23. The minimum absolute atomic E-state index is 0.363. The monoisotopic (exact) mass is 306 g/mol. The van der Waals surface area contributed by atoms with Gasteiger partial charge in [-0.3, -0.25) is 0 Å². The van der Waals surface area contributed by atoms with Crippen LogP contribution >= 0.6 is 0 Å². The van der Waals surface area contributed by atoms with Crippen molar-refractivity contribution < 1.29 is 0 Å². The minimum Gasteiger partial charge on any atom is -0.192 e. The fourth-order valence-corrected chi connectivity index (χ4v) is 4.53. The summed E-state index contributed by atoms with van der Waals surface area (Å²) >= 11 is 0. The average molecular weight is 306 g/mol. The van der Waals surface area contributed by atoms with Crippen LogP contribution in [0.15, 0.2) is 33.4 Å². The molecule has 0 aliphatic heterocycles. The molecule has 0 N–H and O–H groups in total. The molecule has 0 unspecified atom stereocenters. The second kappa shape index (κ2) is 7.65. The van der Waals surface area contributed by atoms with Crippen LogP contribution in [0.25, 0.3) is 0 Å². The van der Waals surface area contributed by atoms with Gasteiger partial charge in [-0.25, -0.2) is 0 Å². The molecule has 0 radical (unpaired) electrons. The molecule has 3 aliphatic rings. The molecule has 0 bridgehead atoms. The van der Waals surface area contributed by atoms with Gasteiger partial charge in [-0.2, -0.15) is 10.5 Å². The molecule has 2 heteroatoms. The molecule has 0 aromatic heterocycles. The third kappa shape index (κ3) is 3.76. The van der Waals surface area contributed by atoms with Crippen LogP contribution in [0.3, 0.4) is 0 Å². The van der Waals surface area contributed by atoms with Crippen molar-refractivity contribution in [2.45, 2.75) is 83.5 Å². The van der Waals surface area contributed by atoms with E-state index in [0.29, 0.717) is 5.57 Å². The van der Waals surface area contributed by atoms with Crippen LogP contribution in [0, 0.1) is 22.7 Å². The molecule has 23 heavy (non-hydrogen) atoms. The average Bonchev–Trinajstić information content (AvgIpc) is 2.64. The Bertz CT molecular complexity index is 598. The topological polar surface area (TPSA) is 47.6 Å². The molecular formula is C21H26N2. The molecule has 3 saturated carbocycles. The van der Waals surface area contributed by atoms with E-state index in [1.54, 1.807) is 22.3 Å². The van der Waals surface area contributed by atoms with Crippen molar-refractivity contribution in [3.8, 4) is 12.1 Å². The number of rotatable bonds is 0. The first-order valence-corrected chi connectivity index (χ1v) is 9.23. The van der Waals surface area contributed by atoms with Crippen LogP contribution in [0.4, 0.5) is 0 Å². The van der Waals surface area contributed by atoms with Crippen LogP contribution < -0.4 is 0 Å². The molecule has 3 fully saturated rings. The third-order valence-corrected chi connectivity index (χ3v) is 5.95. The lowest BCUT2D eigenvalue weighted by atomic mass is 9.78. The Kier molecular flexibility index (Phi) is 5.35. The molecule has 3 aliphatic carbocycles. The minimum atomic E-state index is 0.363. The Labute approximate surface area is 140 Å². The second-order valence-corrected chi connectivity index (χ2v) is 7.18. The Morgan fingerprint density at radius 1 is 0.522 bits per heavy atom. The fourth-order valence-electron chi connectivity index (χ4n) is 4.53. The normalized spacial score (nSPS) is 22.6. The summed E-state index contributed by atoms with van der Waals surface area (Å²) in [6, 6.07) is 4.11. The molecule has 2 nitrogen and oxygen atoms in total. The highest BCUT2D eigenvalue weighted by Gasteiger charge is 2.21. The fraction of sp³-hybridized carbons (Fsp3) is 0.619. The maximum Gasteiger partial charge on any atom is 0.128 e. The molecule has 0 saturated heterocycles. The second-order valence-electron chi connectivity index (χ2n) is 7.18. The van der Waals surface area contributed by atoms with Gasteiger partial charge < -0.3 is 0 Å². The summed E-state index contributed by atoms with van der Waals surface area (Å²) < 4.78 is 0. The van der Waals surface area contributed by atoms with Gasteiger partial charge in [0, 0.05) is 0 Å². The largest absolute Gasteiger partial charge is 0.192 e. The molecule has 0 spiro atoms. The Hall–Kier alpha value is -1.80. The molecule has 0 amide bonds. The lowest BCUT2D eigenvalue weighted by Crippen LogP contribution is -2.08. The Morgan fingerprint density at radius 2 is 0.913 bits per heavy atom. The summed E-state index contributed by atoms with van der Waals surface area (Å²) in [5.41, 5.74) is 8.35. The van der Waals surface area contributed by atoms with Gasteiger partial charge in [0.05, 0.1) is 0 Å². The van der Waals surface area contributed by atoms with E-state index in [0.717, 1.165) is 31.3 Å². The first-order chi connectivity index (χ1) is 11.3. The van der Waals surface area contributed by atoms with Crippen molar-refractivity contribution in [2.24, 2.45) is 0 Å². The van der Waals surface area contributed by atoms with Crippen molar-refractivity contribution >= 4 is 0 Å². The van der Waals surface area contributed by atoms with Crippen molar-refractivity contribution in [1.29, 1.82) is 10.5 Å². The smallest absolute Gasteiger partial charge is 0.128 e. The van der Waals surface area contributed by atoms with E-state index in [1.165, 1.54) is 57.8 Å². The molecule has 0 aromatic carbocycles. The summed E-state index contributed by atoms with van der Waals surface area (Å²) in [4.78, 5) is 0. The van der Waals surface area contributed by atoms with Gasteiger partial charge in [0.25, 0.3) is 0 Å². The molecule has 0 atom stereocenters. The lowest BCUT2D eigenvalue weighted by Gasteiger charge is -2.28. The molecule has 0 aromatic rings. The van der Waals surface area contributed by atoms with E-state index in [9.17, 15) is 0 Å². The van der Waals surface area contributed by atoms with Crippen molar-refractivity contribution in [2.75, 3.05) is 0 Å². The van der Waals surface area contributed by atoms with Gasteiger partial charge in [0.2, 0.25) is 0 Å². The zero-order chi connectivity index (χ0) is 16.1. The highest BCUT2D eigenvalue weighted by molar-refractivity contribution is 5.42.